The number of nitrogens with one attached hydrogen (secondary N) is 1. The maximum Gasteiger partial charge on any atom is 0.573 e. The number of amidine groups is 1. The zero-order chi connectivity index (χ0) is 25.1. The van der Waals surface area contributed by atoms with E-state index in [1.165, 1.54) is 23.3 Å². The topological polar surface area (TPSA) is 103 Å². The van der Waals surface area contributed by atoms with Crippen molar-refractivity contribution in [3.63, 3.8) is 0 Å². The van der Waals surface area contributed by atoms with Gasteiger partial charge in [-0.05, 0) is 75.8 Å². The normalized spacial score (nSPS) is 30.5. The Morgan fingerprint density at radius 1 is 1.15 bits per heavy atom. The second-order valence-electron chi connectivity index (χ2n) is 10.4. The van der Waals surface area contributed by atoms with E-state index < -0.39 is 32.3 Å². The fourth-order valence-corrected chi connectivity index (χ4v) is 8.00. The lowest BCUT2D eigenvalue weighted by molar-refractivity contribution is -0.274. The van der Waals surface area contributed by atoms with Crippen LogP contribution in [-0.4, -0.2) is 48.2 Å². The summed E-state index contributed by atoms with van der Waals surface area (Å²) in [5.74, 6) is -0.255. The second-order valence-corrected chi connectivity index (χ2v) is 12.8. The molecular formula is C23H28F3N3O4S. The number of rotatable bonds is 6. The zero-order valence-corrected chi connectivity index (χ0v) is 20.0. The van der Waals surface area contributed by atoms with Gasteiger partial charge in [-0.25, -0.2) is 8.42 Å². The number of halogens is 3. The van der Waals surface area contributed by atoms with Crippen molar-refractivity contribution in [3.05, 3.63) is 24.3 Å². The quantitative estimate of drug-likeness (QED) is 0.268. The first kappa shape index (κ1) is 24.6. The van der Waals surface area contributed by atoms with Gasteiger partial charge >= 0.3 is 6.36 Å². The highest BCUT2D eigenvalue weighted by molar-refractivity contribution is 7.92. The average molecular weight is 500 g/mol. The summed E-state index contributed by atoms with van der Waals surface area (Å²) in [6, 6.07) is 4.73. The lowest BCUT2D eigenvalue weighted by atomic mass is 9.53. The molecule has 0 heterocycles. The fourth-order valence-electron chi connectivity index (χ4n) is 6.43. The Kier molecular flexibility index (Phi) is 5.83. The van der Waals surface area contributed by atoms with Crippen LogP contribution in [0.15, 0.2) is 24.3 Å². The molecule has 4 aliphatic rings. The molecule has 4 aliphatic carbocycles. The minimum absolute atomic E-state index is 0.0275. The molecule has 0 aromatic heterocycles. The van der Waals surface area contributed by atoms with Crippen molar-refractivity contribution in [2.24, 2.45) is 17.8 Å². The highest BCUT2D eigenvalue weighted by Crippen LogP contribution is 2.59. The molecule has 1 aromatic carbocycles. The van der Waals surface area contributed by atoms with Crippen LogP contribution in [0.1, 0.15) is 46.0 Å². The zero-order valence-electron chi connectivity index (χ0n) is 19.2. The Labute approximate surface area is 197 Å². The predicted octanol–water partition coefficient (Wildman–Crippen LogP) is 4.49. The highest BCUT2D eigenvalue weighted by Gasteiger charge is 2.61. The lowest BCUT2D eigenvalue weighted by Crippen LogP contribution is -2.65. The van der Waals surface area contributed by atoms with Gasteiger partial charge in [0.15, 0.2) is 27.5 Å². The van der Waals surface area contributed by atoms with Crippen LogP contribution in [0.5, 0.6) is 11.5 Å². The van der Waals surface area contributed by atoms with E-state index in [0.29, 0.717) is 25.2 Å². The van der Waals surface area contributed by atoms with Crippen LogP contribution in [-0.2, 0) is 9.84 Å². The van der Waals surface area contributed by atoms with E-state index in [2.05, 4.69) is 10.9 Å². The number of ether oxygens (including phenoxy) is 2. The molecule has 1 N–H and O–H groups in total. The van der Waals surface area contributed by atoms with Gasteiger partial charge in [0, 0.05) is 12.3 Å². The molecule has 0 saturated heterocycles. The Balaban J connectivity index is 1.54. The molecule has 2 unspecified atom stereocenters. The van der Waals surface area contributed by atoms with Gasteiger partial charge in [0.05, 0.1) is 10.8 Å². The molecule has 0 aliphatic heterocycles. The van der Waals surface area contributed by atoms with Crippen LogP contribution < -0.4 is 9.47 Å². The molecule has 5 rings (SSSR count). The molecule has 4 saturated carbocycles. The van der Waals surface area contributed by atoms with Gasteiger partial charge in [-0.3, -0.25) is 10.3 Å². The number of sulfone groups is 1. The van der Waals surface area contributed by atoms with Crippen molar-refractivity contribution >= 4 is 15.7 Å². The van der Waals surface area contributed by atoms with Crippen molar-refractivity contribution in [3.8, 4) is 17.7 Å². The van der Waals surface area contributed by atoms with E-state index in [9.17, 15) is 26.9 Å². The minimum atomic E-state index is -4.85. The number of nitriles is 1. The van der Waals surface area contributed by atoms with Crippen molar-refractivity contribution in [2.45, 2.75) is 68.7 Å². The first-order chi connectivity index (χ1) is 15.6. The smallest absolute Gasteiger partial charge is 0.480 e. The second kappa shape index (κ2) is 8.04. The molecule has 186 valence electrons. The predicted molar refractivity (Wildman–Crippen MR) is 118 cm³/mol. The largest absolute Gasteiger partial charge is 0.573 e. The fraction of sp³-hybridized carbons (Fsp3) is 0.652. The summed E-state index contributed by atoms with van der Waals surface area (Å²) < 4.78 is 72.0. The first-order valence-corrected chi connectivity index (χ1v) is 13.1. The van der Waals surface area contributed by atoms with Crippen molar-refractivity contribution < 1.29 is 31.1 Å². The number of benzene rings is 1. The van der Waals surface area contributed by atoms with Gasteiger partial charge in [-0.1, -0.05) is 6.07 Å². The summed E-state index contributed by atoms with van der Waals surface area (Å²) in [4.78, 5) is 1.33. The maximum absolute atomic E-state index is 12.6. The van der Waals surface area contributed by atoms with Crippen LogP contribution in [0.2, 0.25) is 0 Å². The molecule has 4 fully saturated rings. The summed E-state index contributed by atoms with van der Waals surface area (Å²) in [7, 11) is -3.26. The van der Waals surface area contributed by atoms with Crippen molar-refractivity contribution in [2.75, 3.05) is 6.26 Å². The SMILES string of the molecule is CC(C)(Oc1cccc(OC(F)(F)F)c1)C(=N)N(C#N)C1C2CC3CC1CC(S(C)(=O)=O)(C3)C2. The molecule has 2 atom stereocenters. The molecule has 7 nitrogen and oxygen atoms in total. The monoisotopic (exact) mass is 499 g/mol. The summed E-state index contributed by atoms with van der Waals surface area (Å²) in [5.41, 5.74) is -1.34. The van der Waals surface area contributed by atoms with Crippen LogP contribution in [0, 0.1) is 34.6 Å². The van der Waals surface area contributed by atoms with E-state index >= 15 is 0 Å². The van der Waals surface area contributed by atoms with Gasteiger partial charge in [0.2, 0.25) is 0 Å². The third-order valence-corrected chi connectivity index (χ3v) is 9.66. The molecular weight excluding hydrogens is 471 g/mol. The van der Waals surface area contributed by atoms with Crippen LogP contribution >= 0.6 is 0 Å². The minimum Gasteiger partial charge on any atom is -0.480 e. The Morgan fingerprint density at radius 3 is 2.21 bits per heavy atom. The van der Waals surface area contributed by atoms with Crippen LogP contribution in [0.25, 0.3) is 0 Å². The van der Waals surface area contributed by atoms with Gasteiger partial charge < -0.3 is 9.47 Å². The number of hydrogen-bond donors (Lipinski definition) is 1. The standard InChI is InChI=1S/C23H28F3N3O4S/c1-21(2,32-17-5-4-6-18(9-17)33-23(24,25)26)20(28)29(13-27)19-15-7-14-8-16(19)12-22(10-14,11-15)34(3,30)31/h4-6,9,14-16,19,28H,7-8,10-12H2,1-3H3. The van der Waals surface area contributed by atoms with Crippen LogP contribution in [0.4, 0.5) is 13.2 Å². The maximum atomic E-state index is 12.6. The molecule has 1 aromatic rings. The van der Waals surface area contributed by atoms with E-state index in [-0.39, 0.29) is 29.5 Å². The number of hydrogen-bond acceptors (Lipinski definition) is 6. The van der Waals surface area contributed by atoms with Crippen molar-refractivity contribution in [1.29, 1.82) is 10.7 Å². The Bertz CT molecular complexity index is 1110. The first-order valence-electron chi connectivity index (χ1n) is 11.2. The summed E-state index contributed by atoms with van der Waals surface area (Å²) in [6.07, 6.45) is 1.84. The number of alkyl halides is 3. The molecule has 4 bridgehead atoms. The Hall–Kier alpha value is -2.48. The summed E-state index contributed by atoms with van der Waals surface area (Å²) in [5, 5.41) is 18.8. The van der Waals surface area contributed by atoms with Crippen molar-refractivity contribution in [1.82, 2.24) is 4.90 Å². The summed E-state index contributed by atoms with van der Waals surface area (Å²) in [6.45, 7) is 3.15. The molecule has 0 radical (unpaired) electrons. The third-order valence-electron chi connectivity index (χ3n) is 7.58. The molecule has 11 heteroatoms. The van der Waals surface area contributed by atoms with Gasteiger partial charge in [0.25, 0.3) is 0 Å². The average Bonchev–Trinajstić information content (AvgIpc) is 2.67. The highest BCUT2D eigenvalue weighted by atomic mass is 32.2. The third kappa shape index (κ3) is 4.44. The van der Waals surface area contributed by atoms with E-state index in [0.717, 1.165) is 25.0 Å². The Morgan fingerprint density at radius 2 is 1.71 bits per heavy atom. The van der Waals surface area contributed by atoms with E-state index in [1.54, 1.807) is 13.8 Å². The molecule has 0 amide bonds. The molecule has 0 spiro atoms. The van der Waals surface area contributed by atoms with E-state index in [1.807, 2.05) is 0 Å². The van der Waals surface area contributed by atoms with Gasteiger partial charge in [-0.2, -0.15) is 5.26 Å². The number of nitrogens with zero attached hydrogens (tertiary/aromatic N) is 2. The lowest BCUT2D eigenvalue weighted by Gasteiger charge is -2.60. The van der Waals surface area contributed by atoms with Gasteiger partial charge in [-0.15, -0.1) is 13.2 Å². The van der Waals surface area contributed by atoms with Crippen LogP contribution in [0.3, 0.4) is 0 Å². The molecule has 34 heavy (non-hydrogen) atoms. The summed E-state index contributed by atoms with van der Waals surface area (Å²) >= 11 is 0. The van der Waals surface area contributed by atoms with E-state index in [4.69, 9.17) is 10.1 Å². The van der Waals surface area contributed by atoms with Gasteiger partial charge in [0.1, 0.15) is 11.5 Å².